The molecule has 0 N–H and O–H groups in total. The summed E-state index contributed by atoms with van der Waals surface area (Å²) in [6, 6.07) is 20.7. The van der Waals surface area contributed by atoms with Crippen LogP contribution >= 0.6 is 11.8 Å². The van der Waals surface area contributed by atoms with Gasteiger partial charge in [0.15, 0.2) is 5.16 Å². The van der Waals surface area contributed by atoms with Crippen LogP contribution in [0.2, 0.25) is 0 Å². The Kier molecular flexibility index (Phi) is 5.17. The molecule has 29 heavy (non-hydrogen) atoms. The maximum absolute atomic E-state index is 4.91. The Balaban J connectivity index is 1.46. The van der Waals surface area contributed by atoms with Crippen molar-refractivity contribution >= 4 is 11.8 Å². The smallest absolute Gasteiger partial charge is 0.191 e. The van der Waals surface area contributed by atoms with Gasteiger partial charge in [-0.3, -0.25) is 0 Å². The lowest BCUT2D eigenvalue weighted by molar-refractivity contribution is 0.591. The van der Waals surface area contributed by atoms with Crippen LogP contribution in [0.4, 0.5) is 0 Å². The van der Waals surface area contributed by atoms with Gasteiger partial charge < -0.3 is 4.57 Å². The van der Waals surface area contributed by atoms with Gasteiger partial charge in [-0.25, -0.2) is 4.68 Å². The van der Waals surface area contributed by atoms with Crippen molar-refractivity contribution in [3.63, 3.8) is 0 Å². The van der Waals surface area contributed by atoms with E-state index in [9.17, 15) is 0 Å². The molecule has 5 rings (SSSR count). The summed E-state index contributed by atoms with van der Waals surface area (Å²) in [7, 11) is 0. The fourth-order valence-corrected chi connectivity index (χ4v) is 4.72. The molecular weight excluding hydrogens is 378 g/mol. The van der Waals surface area contributed by atoms with Crippen LogP contribution in [0.5, 0.6) is 0 Å². The molecule has 2 aromatic carbocycles. The maximum Gasteiger partial charge on any atom is 0.191 e. The van der Waals surface area contributed by atoms with Crippen LogP contribution in [0.15, 0.2) is 72.0 Å². The van der Waals surface area contributed by atoms with Crippen molar-refractivity contribution in [2.24, 2.45) is 0 Å². The van der Waals surface area contributed by atoms with E-state index in [1.807, 2.05) is 28.9 Å². The average molecular weight is 402 g/mol. The van der Waals surface area contributed by atoms with Crippen LogP contribution in [0.3, 0.4) is 0 Å². The van der Waals surface area contributed by atoms with E-state index in [4.69, 9.17) is 5.10 Å². The minimum atomic E-state index is 0.815. The molecule has 0 bridgehead atoms. The molecule has 2 aromatic heterocycles. The second kappa shape index (κ2) is 8.25. The highest BCUT2D eigenvalue weighted by Crippen LogP contribution is 2.30. The van der Waals surface area contributed by atoms with Gasteiger partial charge in [-0.1, -0.05) is 66.7 Å². The van der Waals surface area contributed by atoms with E-state index in [0.29, 0.717) is 0 Å². The first-order valence-electron chi connectivity index (χ1n) is 10.1. The molecule has 0 radical (unpaired) electrons. The van der Waals surface area contributed by atoms with Gasteiger partial charge in [-0.05, 0) is 25.0 Å². The molecule has 0 atom stereocenters. The fraction of sp³-hybridized carbons (Fsp3) is 0.261. The number of para-hydroxylation sites is 1. The van der Waals surface area contributed by atoms with Crippen molar-refractivity contribution in [3.05, 3.63) is 78.2 Å². The van der Waals surface area contributed by atoms with Gasteiger partial charge >= 0.3 is 0 Å². The number of hydrogen-bond donors (Lipinski definition) is 0. The minimum absolute atomic E-state index is 0.815. The largest absolute Gasteiger partial charge is 0.306 e. The topological polar surface area (TPSA) is 48.5 Å². The number of benzene rings is 2. The molecule has 0 saturated carbocycles. The number of thioether (sulfide) groups is 1. The zero-order valence-electron chi connectivity index (χ0n) is 16.2. The molecule has 0 amide bonds. The van der Waals surface area contributed by atoms with Crippen molar-refractivity contribution in [1.29, 1.82) is 0 Å². The lowest BCUT2D eigenvalue weighted by Crippen LogP contribution is -2.02. The Morgan fingerprint density at radius 2 is 1.66 bits per heavy atom. The first-order chi connectivity index (χ1) is 14.4. The molecule has 0 spiro atoms. The summed E-state index contributed by atoms with van der Waals surface area (Å²) in [5.74, 6) is 1.95. The summed E-state index contributed by atoms with van der Waals surface area (Å²) >= 11 is 1.76. The average Bonchev–Trinajstić information content (AvgIpc) is 3.30. The van der Waals surface area contributed by atoms with E-state index in [0.717, 1.165) is 46.6 Å². The second-order valence-corrected chi connectivity index (χ2v) is 8.24. The van der Waals surface area contributed by atoms with Crippen LogP contribution in [0, 0.1) is 0 Å². The van der Waals surface area contributed by atoms with Crippen LogP contribution in [-0.4, -0.2) is 24.5 Å². The third-order valence-electron chi connectivity index (χ3n) is 5.29. The van der Waals surface area contributed by atoms with Gasteiger partial charge in [0, 0.05) is 36.0 Å². The predicted molar refractivity (Wildman–Crippen MR) is 116 cm³/mol. The maximum atomic E-state index is 4.91. The minimum Gasteiger partial charge on any atom is -0.306 e. The van der Waals surface area contributed by atoms with E-state index in [1.165, 1.54) is 24.8 Å². The van der Waals surface area contributed by atoms with Gasteiger partial charge in [0.2, 0.25) is 0 Å². The lowest BCUT2D eigenvalue weighted by atomic mass is 10.1. The number of aromatic nitrogens is 5. The molecule has 146 valence electrons. The third-order valence-corrected chi connectivity index (χ3v) is 6.31. The Morgan fingerprint density at radius 1 is 0.862 bits per heavy atom. The summed E-state index contributed by atoms with van der Waals surface area (Å²) in [6.45, 7) is 1.03. The number of aryl methyl sites for hydroxylation is 1. The molecule has 3 heterocycles. The molecule has 0 saturated heterocycles. The van der Waals surface area contributed by atoms with E-state index < -0.39 is 0 Å². The van der Waals surface area contributed by atoms with E-state index in [1.54, 1.807) is 11.8 Å². The van der Waals surface area contributed by atoms with Crippen molar-refractivity contribution in [1.82, 2.24) is 24.5 Å². The summed E-state index contributed by atoms with van der Waals surface area (Å²) in [6.07, 6.45) is 6.87. The summed E-state index contributed by atoms with van der Waals surface area (Å²) in [4.78, 5) is 0. The molecule has 1 aliphatic heterocycles. The van der Waals surface area contributed by atoms with Crippen molar-refractivity contribution in [3.8, 4) is 16.9 Å². The monoisotopic (exact) mass is 401 g/mol. The number of nitrogens with zero attached hydrogens (tertiary/aromatic N) is 5. The highest BCUT2D eigenvalue weighted by atomic mass is 32.2. The Bertz CT molecular complexity index is 1090. The predicted octanol–water partition coefficient (Wildman–Crippen LogP) is 5.15. The number of hydrogen-bond acceptors (Lipinski definition) is 4. The molecule has 0 unspecified atom stereocenters. The number of fused-ring (bicyclic) bond motifs is 1. The van der Waals surface area contributed by atoms with Crippen LogP contribution in [0.25, 0.3) is 16.9 Å². The van der Waals surface area contributed by atoms with E-state index >= 15 is 0 Å². The summed E-state index contributed by atoms with van der Waals surface area (Å²) in [5, 5.41) is 14.8. The zero-order valence-corrected chi connectivity index (χ0v) is 17.1. The molecule has 1 aliphatic rings. The zero-order chi connectivity index (χ0) is 19.5. The Morgan fingerprint density at radius 3 is 2.48 bits per heavy atom. The fourth-order valence-electron chi connectivity index (χ4n) is 3.77. The third kappa shape index (κ3) is 3.85. The second-order valence-electron chi connectivity index (χ2n) is 7.30. The molecule has 0 aliphatic carbocycles. The van der Waals surface area contributed by atoms with Crippen molar-refractivity contribution in [2.75, 3.05) is 0 Å². The standard InChI is InChI=1S/C23H23N5S/c1-4-10-18(11-5-1)22-19(16-28(26-22)20-12-6-2-7-13-20)17-29-23-25-24-21-14-8-3-9-15-27(21)23/h1-2,4-7,10-13,16H,3,8-9,14-15,17H2. The Labute approximate surface area is 174 Å². The lowest BCUT2D eigenvalue weighted by Gasteiger charge is -2.06. The van der Waals surface area contributed by atoms with E-state index in [2.05, 4.69) is 57.4 Å². The van der Waals surface area contributed by atoms with Crippen molar-refractivity contribution < 1.29 is 0 Å². The molecule has 5 nitrogen and oxygen atoms in total. The first kappa shape index (κ1) is 18.2. The normalized spacial score (nSPS) is 13.8. The van der Waals surface area contributed by atoms with Gasteiger partial charge in [-0.15, -0.1) is 10.2 Å². The molecule has 6 heteroatoms. The van der Waals surface area contributed by atoms with Crippen LogP contribution in [-0.2, 0) is 18.7 Å². The SMILES string of the molecule is c1ccc(-c2nn(-c3ccccc3)cc2CSc2nnc3n2CCCCC3)cc1. The Hall–Kier alpha value is -2.86. The highest BCUT2D eigenvalue weighted by Gasteiger charge is 2.17. The van der Waals surface area contributed by atoms with Gasteiger partial charge in [0.05, 0.1) is 11.4 Å². The van der Waals surface area contributed by atoms with Crippen LogP contribution < -0.4 is 0 Å². The number of rotatable bonds is 5. The molecule has 4 aromatic rings. The van der Waals surface area contributed by atoms with E-state index in [-0.39, 0.29) is 0 Å². The van der Waals surface area contributed by atoms with Gasteiger partial charge in [-0.2, -0.15) is 5.10 Å². The molecule has 0 fully saturated rings. The first-order valence-corrected chi connectivity index (χ1v) is 11.1. The van der Waals surface area contributed by atoms with Crippen LogP contribution in [0.1, 0.15) is 30.7 Å². The quantitative estimate of drug-likeness (QED) is 0.434. The highest BCUT2D eigenvalue weighted by molar-refractivity contribution is 7.98. The van der Waals surface area contributed by atoms with Gasteiger partial charge in [0.1, 0.15) is 5.82 Å². The van der Waals surface area contributed by atoms with Gasteiger partial charge in [0.25, 0.3) is 0 Å². The summed E-state index contributed by atoms with van der Waals surface area (Å²) < 4.78 is 4.28. The molecular formula is C23H23N5S. The van der Waals surface area contributed by atoms with Crippen molar-refractivity contribution in [2.45, 2.75) is 43.1 Å². The summed E-state index contributed by atoms with van der Waals surface area (Å²) in [5.41, 5.74) is 4.43.